The maximum absolute atomic E-state index is 14.3. The van der Waals surface area contributed by atoms with Gasteiger partial charge in [0.25, 0.3) is 11.5 Å². The van der Waals surface area contributed by atoms with Crippen molar-refractivity contribution in [3.63, 3.8) is 0 Å². The number of esters is 1. The summed E-state index contributed by atoms with van der Waals surface area (Å²) in [6.07, 6.45) is 4.16. The van der Waals surface area contributed by atoms with Crippen LogP contribution in [0.5, 0.6) is 5.75 Å². The summed E-state index contributed by atoms with van der Waals surface area (Å²) in [6.45, 7) is 3.10. The number of aryl methyl sites for hydroxylation is 1. The number of aromatic nitrogens is 6. The number of nitrogens with zero attached hydrogens (tertiary/aromatic N) is 10. The van der Waals surface area contributed by atoms with Crippen LogP contribution in [0.15, 0.2) is 41.5 Å². The van der Waals surface area contributed by atoms with Gasteiger partial charge in [-0.1, -0.05) is 40.7 Å². The molecular formula is C44H39Cl4F6N11O8S. The minimum Gasteiger partial charge on any atom is -0.480 e. The van der Waals surface area contributed by atoms with Crippen molar-refractivity contribution >= 4 is 91.5 Å². The molecule has 30 heteroatoms. The number of amides is 3. The maximum atomic E-state index is 14.3. The zero-order chi connectivity index (χ0) is 54.6. The molecule has 0 spiro atoms. The van der Waals surface area contributed by atoms with Crippen molar-refractivity contribution in [2.75, 3.05) is 53.1 Å². The third-order valence-corrected chi connectivity index (χ3v) is 13.7. The van der Waals surface area contributed by atoms with E-state index in [1.54, 1.807) is 16.5 Å². The van der Waals surface area contributed by atoms with Gasteiger partial charge in [-0.15, -0.1) is 18.0 Å². The van der Waals surface area contributed by atoms with E-state index >= 15 is 0 Å². The standard InChI is InChI=1S/C16H13ClF4N2O4.C15H15ClN6.C13H11Cl2F2N3O4S/c1-3-26-14(24)7-27-13-5-12(11(18)4-10(13)17)23-15(25)8(2)9(6-22-23)16(19,20)21;1-3-7-20(2)15-11(9-17)10-18-22(15)14-13(16)12-6-4-5-8-21(12)19-14;14-5-25(23,24)18-9-3-10(8(17)2-7(9)15)20-12(21)11-1-6(16)4-19(11)13(20)22/h4-6H,3,7H2,1-2H3;1,10H,4-8H2,2H3;2-3,6,11,18H,1,4-5H2/t;;6-,11+/m..0/s1. The Labute approximate surface area is 437 Å². The predicted molar refractivity (Wildman–Crippen MR) is 258 cm³/mol. The number of fused-ring (bicyclic) bond motifs is 2. The van der Waals surface area contributed by atoms with Crippen LogP contribution < -0.4 is 24.8 Å². The Morgan fingerprint density at radius 1 is 1.03 bits per heavy atom. The van der Waals surface area contributed by atoms with Crippen LogP contribution in [0, 0.1) is 42.2 Å². The number of sulfonamides is 1. The van der Waals surface area contributed by atoms with Crippen LogP contribution in [-0.4, -0.2) is 111 Å². The number of halogens is 10. The van der Waals surface area contributed by atoms with Gasteiger partial charge in [-0.2, -0.15) is 43.1 Å². The molecule has 0 aliphatic carbocycles. The zero-order valence-electron chi connectivity index (χ0n) is 38.7. The van der Waals surface area contributed by atoms with Crippen molar-refractivity contribution < 1.29 is 58.6 Å². The fourth-order valence-electron chi connectivity index (χ4n) is 7.66. The number of carbonyl (C=O) groups is 3. The van der Waals surface area contributed by atoms with Crippen molar-refractivity contribution in [2.45, 2.75) is 64.5 Å². The number of ether oxygens (including phenoxy) is 2. The number of urea groups is 1. The molecule has 8 rings (SSSR count). The molecule has 3 aromatic heterocycles. The van der Waals surface area contributed by atoms with E-state index in [4.69, 9.17) is 57.6 Å². The number of alkyl halides is 5. The third kappa shape index (κ3) is 12.1. The van der Waals surface area contributed by atoms with Crippen molar-refractivity contribution in [3.05, 3.63) is 96.1 Å². The summed E-state index contributed by atoms with van der Waals surface area (Å²) in [5, 5.41) is 20.9. The summed E-state index contributed by atoms with van der Waals surface area (Å²) in [6, 6.07) is 3.70. The summed E-state index contributed by atoms with van der Waals surface area (Å²) < 4.78 is 119. The first-order valence-corrected chi connectivity index (χ1v) is 24.9. The Balaban J connectivity index is 0.000000182. The van der Waals surface area contributed by atoms with Crippen molar-refractivity contribution in [1.29, 1.82) is 5.26 Å². The van der Waals surface area contributed by atoms with E-state index in [0.29, 0.717) is 44.5 Å². The van der Waals surface area contributed by atoms with E-state index < -0.39 is 97.8 Å². The molecule has 0 unspecified atom stereocenters. The number of nitriles is 1. The maximum Gasteiger partial charge on any atom is 0.418 e. The van der Waals surface area contributed by atoms with Crippen molar-refractivity contribution in [3.8, 4) is 35.7 Å². The number of anilines is 3. The largest absolute Gasteiger partial charge is 0.480 e. The average Bonchev–Trinajstić information content (AvgIpc) is 4.10. The van der Waals surface area contributed by atoms with Crippen LogP contribution in [0.25, 0.3) is 11.5 Å². The number of carbonyl (C=O) groups excluding carboxylic acids is 3. The second-order valence-corrected chi connectivity index (χ2v) is 19.5. The summed E-state index contributed by atoms with van der Waals surface area (Å²) in [4.78, 5) is 51.6. The molecule has 5 aromatic rings. The number of nitrogens with one attached hydrogen (secondary N) is 1. The Hall–Kier alpha value is -6.71. The molecule has 0 bridgehead atoms. The quantitative estimate of drug-likeness (QED) is 0.0419. The van der Waals surface area contributed by atoms with Gasteiger partial charge < -0.3 is 19.3 Å². The fraction of sp³-hybridized carbons (Fsp3) is 0.364. The molecule has 74 heavy (non-hydrogen) atoms. The molecule has 3 aliphatic heterocycles. The highest BCUT2D eigenvalue weighted by molar-refractivity contribution is 7.93. The van der Waals surface area contributed by atoms with Crippen LogP contribution >= 0.6 is 46.4 Å². The monoisotopic (exact) mass is 1140 g/mol. The number of hydrogen-bond acceptors (Lipinski definition) is 13. The van der Waals surface area contributed by atoms with Gasteiger partial charge in [0, 0.05) is 31.6 Å². The van der Waals surface area contributed by atoms with Crippen LogP contribution in [0.4, 0.5) is 48.3 Å². The summed E-state index contributed by atoms with van der Waals surface area (Å²) >= 11 is 23.4. The highest BCUT2D eigenvalue weighted by atomic mass is 35.5. The molecule has 3 amide bonds. The Morgan fingerprint density at radius 2 is 1.70 bits per heavy atom. The summed E-state index contributed by atoms with van der Waals surface area (Å²) in [7, 11) is -2.12. The van der Waals surface area contributed by atoms with E-state index in [1.165, 1.54) is 6.20 Å². The van der Waals surface area contributed by atoms with Crippen LogP contribution in [0.2, 0.25) is 15.1 Å². The Bertz CT molecular complexity index is 3250. The van der Waals surface area contributed by atoms with Gasteiger partial charge in [0.1, 0.15) is 51.3 Å². The highest BCUT2D eigenvalue weighted by Gasteiger charge is 2.52. The van der Waals surface area contributed by atoms with E-state index in [-0.39, 0.29) is 41.1 Å². The Kier molecular flexibility index (Phi) is 17.8. The summed E-state index contributed by atoms with van der Waals surface area (Å²) in [5.41, 5.74) is -2.77. The minimum atomic E-state index is -4.78. The van der Waals surface area contributed by atoms with Gasteiger partial charge in [0.05, 0.1) is 64.8 Å². The van der Waals surface area contributed by atoms with Gasteiger partial charge in [-0.25, -0.2) is 36.1 Å². The highest BCUT2D eigenvalue weighted by Crippen LogP contribution is 2.38. The van der Waals surface area contributed by atoms with E-state index in [1.807, 2.05) is 16.5 Å². The number of imide groups is 1. The SMILES string of the molecule is C#CCN(C)c1c(C#N)cnn1-c1nn2c(c1Cl)CCCC2.CCOC(=O)COc1cc(-n2ncc(C(F)(F)F)c(C)c2=O)c(F)cc1Cl.O=C1[C@H]2C[C@H](F)CN2C(=O)N1c1cc(NS(=O)(=O)CCl)c(Cl)cc1F. The van der Waals surface area contributed by atoms with E-state index in [0.717, 1.165) is 67.6 Å². The first-order valence-electron chi connectivity index (χ1n) is 21.5. The first kappa shape index (κ1) is 56.6. The Morgan fingerprint density at radius 3 is 2.32 bits per heavy atom. The molecule has 6 heterocycles. The molecule has 0 saturated carbocycles. The van der Waals surface area contributed by atoms with Crippen molar-refractivity contribution in [1.82, 2.24) is 34.2 Å². The molecule has 3 aliphatic rings. The lowest BCUT2D eigenvalue weighted by Crippen LogP contribution is -2.35. The van der Waals surface area contributed by atoms with Crippen LogP contribution in [-0.2, 0) is 43.5 Å². The lowest BCUT2D eigenvalue weighted by Gasteiger charge is -2.18. The third-order valence-electron chi connectivity index (χ3n) is 11.0. The van der Waals surface area contributed by atoms with Crippen LogP contribution in [0.3, 0.4) is 0 Å². The normalized spacial score (nSPS) is 16.0. The molecular weight excluding hydrogens is 1100 g/mol. The predicted octanol–water partition coefficient (Wildman–Crippen LogP) is 7.59. The molecule has 2 aromatic carbocycles. The van der Waals surface area contributed by atoms with Gasteiger partial charge in [-0.3, -0.25) is 19.0 Å². The molecule has 2 fully saturated rings. The molecule has 1 N–H and O–H groups in total. The second-order valence-electron chi connectivity index (χ2n) is 16.0. The number of hydrogen-bond donors (Lipinski definition) is 1. The van der Waals surface area contributed by atoms with E-state index in [2.05, 4.69) is 32.0 Å². The molecule has 394 valence electrons. The second kappa shape index (κ2) is 23.2. The molecule has 0 radical (unpaired) electrons. The first-order chi connectivity index (χ1) is 34.9. The number of benzene rings is 2. The van der Waals surface area contributed by atoms with Gasteiger partial charge >= 0.3 is 18.2 Å². The van der Waals surface area contributed by atoms with Gasteiger partial charge in [0.2, 0.25) is 10.0 Å². The summed E-state index contributed by atoms with van der Waals surface area (Å²) in [5.74, 6) is 0.0499. The molecule has 2 saturated heterocycles. The van der Waals surface area contributed by atoms with Gasteiger partial charge in [-0.05, 0) is 51.3 Å². The number of terminal acetylenes is 1. The number of rotatable bonds is 12. The topological polar surface area (TPSA) is 220 Å². The fourth-order valence-corrected chi connectivity index (χ4v) is 9.15. The average molecular weight is 1140 g/mol. The van der Waals surface area contributed by atoms with Crippen LogP contribution in [0.1, 0.15) is 48.6 Å². The van der Waals surface area contributed by atoms with Gasteiger partial charge in [0.15, 0.2) is 24.1 Å². The molecule has 2 atom stereocenters. The lowest BCUT2D eigenvalue weighted by atomic mass is 10.1. The minimum absolute atomic E-state index is 0.120. The lowest BCUT2D eigenvalue weighted by molar-refractivity contribution is -0.145. The van der Waals surface area contributed by atoms with Crippen molar-refractivity contribution in [2.24, 2.45) is 0 Å². The van der Waals surface area contributed by atoms with E-state index in [9.17, 15) is 59.2 Å². The zero-order valence-corrected chi connectivity index (χ0v) is 42.5. The molecule has 19 nitrogen and oxygen atoms in total. The smallest absolute Gasteiger partial charge is 0.418 e.